The lowest BCUT2D eigenvalue weighted by molar-refractivity contribution is -0.143. The van der Waals surface area contributed by atoms with Gasteiger partial charge in [0.1, 0.15) is 18.1 Å². The third-order valence-electron chi connectivity index (χ3n) is 4.71. The van der Waals surface area contributed by atoms with Crippen LogP contribution in [0.4, 0.5) is 0 Å². The summed E-state index contributed by atoms with van der Waals surface area (Å²) in [6.07, 6.45) is 3.18. The number of nitrogens with zero attached hydrogens (tertiary/aromatic N) is 1. The predicted molar refractivity (Wildman–Crippen MR) is 114 cm³/mol. The second kappa shape index (κ2) is 13.4. The summed E-state index contributed by atoms with van der Waals surface area (Å²) < 4.78 is 0. The molecule has 0 saturated heterocycles. The number of carbonyl (C=O) groups is 4. The Morgan fingerprint density at radius 3 is 2.31 bits per heavy atom. The summed E-state index contributed by atoms with van der Waals surface area (Å²) in [6.45, 7) is 3.15. The van der Waals surface area contributed by atoms with Crippen LogP contribution in [0.15, 0.2) is 12.5 Å². The van der Waals surface area contributed by atoms with Crippen LogP contribution >= 0.6 is 0 Å². The van der Waals surface area contributed by atoms with Crippen molar-refractivity contribution in [1.29, 1.82) is 0 Å². The summed E-state index contributed by atoms with van der Waals surface area (Å²) >= 11 is 0. The number of hydrogen-bond acceptors (Lipinski definition) is 8. The average molecular weight is 456 g/mol. The zero-order chi connectivity index (χ0) is 24.3. The van der Waals surface area contributed by atoms with E-state index in [1.165, 1.54) is 26.4 Å². The number of aromatic amines is 1. The number of carboxylic acid groups (broad SMARTS) is 1. The minimum Gasteiger partial charge on any atom is -0.480 e. The molecule has 5 unspecified atom stereocenters. The monoisotopic (exact) mass is 455 g/mol. The van der Waals surface area contributed by atoms with E-state index in [1.807, 2.05) is 0 Å². The summed E-state index contributed by atoms with van der Waals surface area (Å²) in [6, 6.07) is -4.61. The molecule has 5 atom stereocenters. The molecule has 0 spiro atoms. The van der Waals surface area contributed by atoms with Crippen molar-refractivity contribution >= 4 is 23.7 Å². The number of unbranched alkanes of at least 4 members (excludes halogenated alkanes) is 1. The highest BCUT2D eigenvalue weighted by Gasteiger charge is 2.31. The zero-order valence-electron chi connectivity index (χ0n) is 18.2. The quantitative estimate of drug-likeness (QED) is 0.137. The standard InChI is InChI=1S/C19H33N7O6/c1-10(24-17(29)13(21)5-3-4-6-20)16(28)26-15(11(2)27)18(30)25-14(19(31)32)7-12-8-22-9-23-12/h8-11,13-15,27H,3-7,20-21H2,1-2H3,(H,22,23)(H,24,29)(H,25,30)(H,26,28)(H,31,32). The average Bonchev–Trinajstić information content (AvgIpc) is 3.23. The lowest BCUT2D eigenvalue weighted by Gasteiger charge is -2.25. The maximum atomic E-state index is 12.6. The molecule has 3 amide bonds. The Morgan fingerprint density at radius 2 is 1.78 bits per heavy atom. The van der Waals surface area contributed by atoms with E-state index in [4.69, 9.17) is 11.5 Å². The van der Waals surface area contributed by atoms with Crippen molar-refractivity contribution in [2.45, 2.75) is 69.8 Å². The molecule has 0 saturated carbocycles. The van der Waals surface area contributed by atoms with E-state index < -0.39 is 54.0 Å². The molecular formula is C19H33N7O6. The second-order valence-corrected chi connectivity index (χ2v) is 7.53. The summed E-state index contributed by atoms with van der Waals surface area (Å²) in [7, 11) is 0. The molecule has 1 heterocycles. The van der Waals surface area contributed by atoms with Crippen molar-refractivity contribution in [3.63, 3.8) is 0 Å². The van der Waals surface area contributed by atoms with Crippen LogP contribution in [0.2, 0.25) is 0 Å². The lowest BCUT2D eigenvalue weighted by atomic mass is 10.1. The first-order chi connectivity index (χ1) is 15.1. The Morgan fingerprint density at radius 1 is 1.09 bits per heavy atom. The number of imidazole rings is 1. The molecule has 32 heavy (non-hydrogen) atoms. The van der Waals surface area contributed by atoms with Gasteiger partial charge in [-0.15, -0.1) is 0 Å². The first-order valence-electron chi connectivity index (χ1n) is 10.3. The van der Waals surface area contributed by atoms with Crippen molar-refractivity contribution in [3.8, 4) is 0 Å². The number of nitrogens with one attached hydrogen (secondary N) is 4. The molecule has 0 fully saturated rings. The topological polar surface area (TPSA) is 226 Å². The van der Waals surface area contributed by atoms with Crippen LogP contribution in [-0.4, -0.2) is 80.7 Å². The predicted octanol–water partition coefficient (Wildman–Crippen LogP) is -2.65. The molecule has 13 nitrogen and oxygen atoms in total. The van der Waals surface area contributed by atoms with E-state index in [-0.39, 0.29) is 6.42 Å². The van der Waals surface area contributed by atoms with Gasteiger partial charge in [-0.25, -0.2) is 9.78 Å². The smallest absolute Gasteiger partial charge is 0.326 e. The van der Waals surface area contributed by atoms with Crippen LogP contribution in [0.5, 0.6) is 0 Å². The number of nitrogens with two attached hydrogens (primary N) is 2. The lowest BCUT2D eigenvalue weighted by Crippen LogP contribution is -2.59. The molecule has 13 heteroatoms. The molecule has 1 aromatic rings. The number of aliphatic hydroxyl groups is 1. The van der Waals surface area contributed by atoms with E-state index >= 15 is 0 Å². The highest BCUT2D eigenvalue weighted by Crippen LogP contribution is 2.03. The highest BCUT2D eigenvalue weighted by atomic mass is 16.4. The highest BCUT2D eigenvalue weighted by molar-refractivity contribution is 5.94. The van der Waals surface area contributed by atoms with Crippen molar-refractivity contribution < 1.29 is 29.4 Å². The summed E-state index contributed by atoms with van der Waals surface area (Å²) in [4.78, 5) is 55.2. The van der Waals surface area contributed by atoms with E-state index in [0.29, 0.717) is 25.1 Å². The minimum atomic E-state index is -1.44. The number of carboxylic acids is 1. The van der Waals surface area contributed by atoms with Gasteiger partial charge in [-0.05, 0) is 33.2 Å². The van der Waals surface area contributed by atoms with Crippen molar-refractivity contribution in [3.05, 3.63) is 18.2 Å². The molecule has 1 rings (SSSR count). The Hall–Kier alpha value is -3.03. The first-order valence-corrected chi connectivity index (χ1v) is 10.3. The van der Waals surface area contributed by atoms with Crippen molar-refractivity contribution in [1.82, 2.24) is 25.9 Å². The third kappa shape index (κ3) is 8.99. The third-order valence-corrected chi connectivity index (χ3v) is 4.71. The minimum absolute atomic E-state index is 0.0734. The Kier molecular flexibility index (Phi) is 11.3. The second-order valence-electron chi connectivity index (χ2n) is 7.53. The van der Waals surface area contributed by atoms with Crippen LogP contribution in [0, 0.1) is 0 Å². The number of rotatable bonds is 14. The molecule has 1 aromatic heterocycles. The molecule has 0 aromatic carbocycles. The van der Waals surface area contributed by atoms with Gasteiger partial charge in [0.25, 0.3) is 0 Å². The maximum absolute atomic E-state index is 12.6. The molecule has 180 valence electrons. The molecule has 10 N–H and O–H groups in total. The van der Waals surface area contributed by atoms with Gasteiger partial charge in [0.15, 0.2) is 0 Å². The van der Waals surface area contributed by atoms with Crippen LogP contribution < -0.4 is 27.4 Å². The largest absolute Gasteiger partial charge is 0.480 e. The summed E-state index contributed by atoms with van der Waals surface area (Å²) in [5.74, 6) is -3.47. The van der Waals surface area contributed by atoms with Crippen LogP contribution in [0.25, 0.3) is 0 Å². The van der Waals surface area contributed by atoms with Crippen molar-refractivity contribution in [2.75, 3.05) is 6.54 Å². The molecule has 0 aliphatic rings. The van der Waals surface area contributed by atoms with E-state index in [1.54, 1.807) is 0 Å². The summed E-state index contributed by atoms with van der Waals surface area (Å²) in [5.41, 5.74) is 11.7. The van der Waals surface area contributed by atoms with Crippen LogP contribution in [0.1, 0.15) is 38.8 Å². The van der Waals surface area contributed by atoms with Gasteiger partial charge in [-0.2, -0.15) is 0 Å². The first kappa shape index (κ1) is 27.0. The van der Waals surface area contributed by atoms with E-state index in [2.05, 4.69) is 25.9 Å². The summed E-state index contributed by atoms with van der Waals surface area (Å²) in [5, 5.41) is 26.4. The molecule has 0 aliphatic heterocycles. The number of H-pyrrole nitrogens is 1. The van der Waals surface area contributed by atoms with Crippen LogP contribution in [-0.2, 0) is 25.6 Å². The number of aliphatic hydroxyl groups excluding tert-OH is 1. The van der Waals surface area contributed by atoms with E-state index in [0.717, 1.165) is 6.42 Å². The Bertz CT molecular complexity index is 755. The van der Waals surface area contributed by atoms with Gasteiger partial charge in [0.2, 0.25) is 17.7 Å². The number of hydrogen-bond donors (Lipinski definition) is 8. The zero-order valence-corrected chi connectivity index (χ0v) is 18.2. The maximum Gasteiger partial charge on any atom is 0.326 e. The normalized spacial score (nSPS) is 15.7. The SMILES string of the molecule is CC(NC(=O)C(N)CCCCN)C(=O)NC(C(=O)NC(Cc1cnc[nH]1)C(=O)O)C(C)O. The fourth-order valence-corrected chi connectivity index (χ4v) is 2.79. The van der Waals surface area contributed by atoms with Gasteiger partial charge < -0.3 is 42.6 Å². The van der Waals surface area contributed by atoms with Crippen LogP contribution in [0.3, 0.4) is 0 Å². The molecule has 0 bridgehead atoms. The number of aliphatic carboxylic acids is 1. The van der Waals surface area contributed by atoms with Gasteiger partial charge in [0.05, 0.1) is 18.5 Å². The fourth-order valence-electron chi connectivity index (χ4n) is 2.79. The number of aromatic nitrogens is 2. The van der Waals surface area contributed by atoms with Crippen molar-refractivity contribution in [2.24, 2.45) is 11.5 Å². The molecular weight excluding hydrogens is 422 g/mol. The molecule has 0 radical (unpaired) electrons. The Balaban J connectivity index is 2.69. The van der Waals surface area contributed by atoms with Gasteiger partial charge in [-0.1, -0.05) is 6.42 Å². The van der Waals surface area contributed by atoms with Gasteiger partial charge in [0, 0.05) is 18.3 Å². The fraction of sp³-hybridized carbons (Fsp3) is 0.632. The Labute approximate surface area is 185 Å². The van der Waals surface area contributed by atoms with E-state index in [9.17, 15) is 29.4 Å². The number of carbonyl (C=O) groups excluding carboxylic acids is 3. The number of amides is 3. The van der Waals surface area contributed by atoms with Gasteiger partial charge >= 0.3 is 5.97 Å². The van der Waals surface area contributed by atoms with Gasteiger partial charge in [-0.3, -0.25) is 14.4 Å². The molecule has 0 aliphatic carbocycles.